The Morgan fingerprint density at radius 2 is 2.11 bits per heavy atom. The molecule has 0 spiro atoms. The lowest BCUT2D eigenvalue weighted by atomic mass is 9.99. The number of nitrogens with zero attached hydrogens (tertiary/aromatic N) is 6. The van der Waals surface area contributed by atoms with E-state index in [2.05, 4.69) is 45.4 Å². The monoisotopic (exact) mass is 463 g/mol. The van der Waals surface area contributed by atoms with E-state index < -0.39 is 0 Å². The number of hydrogen-bond donors (Lipinski definition) is 2. The van der Waals surface area contributed by atoms with Gasteiger partial charge in [-0.25, -0.2) is 4.98 Å². The third kappa shape index (κ3) is 4.50. The molecule has 0 saturated carbocycles. The number of aliphatic hydroxyl groups excluding tert-OH is 1. The van der Waals surface area contributed by atoms with Crippen molar-refractivity contribution >= 4 is 34.4 Å². The summed E-state index contributed by atoms with van der Waals surface area (Å²) in [5.74, 6) is 0.910. The maximum Gasteiger partial charge on any atom is 0.229 e. The number of fused-ring (bicyclic) bond motifs is 2. The smallest absolute Gasteiger partial charge is 0.229 e. The van der Waals surface area contributed by atoms with Crippen molar-refractivity contribution in [2.24, 2.45) is 4.99 Å². The average Bonchev–Trinajstić information content (AvgIpc) is 3.31. The molecule has 8 nitrogen and oxygen atoms in total. The van der Waals surface area contributed by atoms with Crippen molar-refractivity contribution in [1.82, 2.24) is 19.4 Å². The minimum absolute atomic E-state index is 0.369. The Morgan fingerprint density at radius 3 is 2.94 bits per heavy atom. The van der Waals surface area contributed by atoms with E-state index in [1.165, 1.54) is 11.1 Å². The van der Waals surface area contributed by atoms with Gasteiger partial charge in [0.15, 0.2) is 5.82 Å². The summed E-state index contributed by atoms with van der Waals surface area (Å²) in [6.45, 7) is 3.75. The van der Waals surface area contributed by atoms with Crippen LogP contribution < -0.4 is 5.32 Å². The molecule has 0 saturated heterocycles. The maximum absolute atomic E-state index is 9.73. The van der Waals surface area contributed by atoms with E-state index in [1.54, 1.807) is 19.3 Å². The van der Waals surface area contributed by atoms with Gasteiger partial charge in [-0.1, -0.05) is 12.1 Å². The molecular weight excluding hydrogens is 438 g/mol. The number of rotatable bonds is 5. The highest BCUT2D eigenvalue weighted by molar-refractivity contribution is 5.94. The molecule has 2 N–H and O–H groups in total. The van der Waals surface area contributed by atoms with Crippen LogP contribution in [0, 0.1) is 11.3 Å². The number of nitrogens with one attached hydrogen (secondary N) is 1. The number of allylic oxidation sites excluding steroid dienone is 1. The van der Waals surface area contributed by atoms with Gasteiger partial charge in [0.1, 0.15) is 11.6 Å². The number of benzene rings is 2. The van der Waals surface area contributed by atoms with Crippen molar-refractivity contribution in [2.75, 3.05) is 18.9 Å². The molecule has 0 atom stereocenters. The van der Waals surface area contributed by atoms with Gasteiger partial charge in [0.25, 0.3) is 0 Å². The molecule has 2 aromatic carbocycles. The summed E-state index contributed by atoms with van der Waals surface area (Å²) in [6, 6.07) is 16.3. The summed E-state index contributed by atoms with van der Waals surface area (Å²) < 4.78 is 1.87. The molecule has 4 aromatic rings. The highest BCUT2D eigenvalue weighted by Crippen LogP contribution is 2.30. The molecule has 174 valence electrons. The first-order chi connectivity index (χ1) is 17.1. The second kappa shape index (κ2) is 9.41. The molecule has 8 heteroatoms. The molecule has 2 aromatic heterocycles. The minimum atomic E-state index is 0.369. The standard InChI is InChI=1S/C27H25N7O/c1-18(17-35)14-29-24-4-3-5-25-23(24)9-11-34(25)26-21(13-28)15-30-27(32-26)31-22-7-6-19-8-10-33(2)16-20(19)12-22/h3-7,9,11-12,14-15,17,35H,8,10,16H2,1-2H3,(H,30,31,32)/b18-17+,29-14+. The summed E-state index contributed by atoms with van der Waals surface area (Å²) in [7, 11) is 2.13. The number of anilines is 2. The molecule has 0 bridgehead atoms. The molecule has 1 aliphatic rings. The second-order valence-corrected chi connectivity index (χ2v) is 8.67. The Kier molecular flexibility index (Phi) is 6.00. The number of nitriles is 1. The van der Waals surface area contributed by atoms with Gasteiger partial charge in [-0.05, 0) is 61.9 Å². The molecule has 1 aliphatic heterocycles. The Hall–Kier alpha value is -4.48. The third-order valence-electron chi connectivity index (χ3n) is 6.10. The number of aliphatic hydroxyl groups is 1. The van der Waals surface area contributed by atoms with Crippen LogP contribution in [0.25, 0.3) is 16.7 Å². The fraction of sp³-hybridized carbons (Fsp3) is 0.185. The highest BCUT2D eigenvalue weighted by atomic mass is 16.2. The van der Waals surface area contributed by atoms with E-state index in [1.807, 2.05) is 41.1 Å². The molecular formula is C27H25N7O. The van der Waals surface area contributed by atoms with Crippen LogP contribution in [0.4, 0.5) is 17.3 Å². The fourth-order valence-corrected chi connectivity index (χ4v) is 4.25. The van der Waals surface area contributed by atoms with Crippen LogP contribution in [-0.2, 0) is 13.0 Å². The molecule has 5 rings (SSSR count). The summed E-state index contributed by atoms with van der Waals surface area (Å²) >= 11 is 0. The molecule has 0 unspecified atom stereocenters. The van der Waals surface area contributed by atoms with Crippen LogP contribution in [0.1, 0.15) is 23.6 Å². The SMILES string of the molecule is CC(/C=N/c1cccc2c1ccn2-c1nc(Nc2ccc3c(c2)CN(C)CC3)ncc1C#N)=C\O. The molecule has 0 amide bonds. The van der Waals surface area contributed by atoms with Gasteiger partial charge in [0.05, 0.1) is 23.7 Å². The summed E-state index contributed by atoms with van der Waals surface area (Å²) in [4.78, 5) is 15.9. The van der Waals surface area contributed by atoms with Crippen molar-refractivity contribution in [3.63, 3.8) is 0 Å². The summed E-state index contributed by atoms with van der Waals surface area (Å²) in [5.41, 5.74) is 6.22. The number of hydrogen-bond acceptors (Lipinski definition) is 7. The number of likely N-dealkylation sites (N-methyl/N-ethyl adjacent to an activating group) is 1. The fourth-order valence-electron chi connectivity index (χ4n) is 4.25. The Morgan fingerprint density at radius 1 is 1.23 bits per heavy atom. The van der Waals surface area contributed by atoms with Gasteiger partial charge < -0.3 is 15.3 Å². The van der Waals surface area contributed by atoms with Gasteiger partial charge in [-0.15, -0.1) is 0 Å². The van der Waals surface area contributed by atoms with Crippen molar-refractivity contribution in [2.45, 2.75) is 19.9 Å². The first kappa shape index (κ1) is 22.3. The molecule has 35 heavy (non-hydrogen) atoms. The lowest BCUT2D eigenvalue weighted by Gasteiger charge is -2.25. The van der Waals surface area contributed by atoms with Crippen LogP contribution >= 0.6 is 0 Å². The van der Waals surface area contributed by atoms with Gasteiger partial charge in [0, 0.05) is 42.1 Å². The van der Waals surface area contributed by atoms with Crippen molar-refractivity contribution in [3.8, 4) is 11.9 Å². The predicted octanol–water partition coefficient (Wildman–Crippen LogP) is 5.19. The third-order valence-corrected chi connectivity index (χ3v) is 6.10. The Labute approximate surface area is 203 Å². The first-order valence-corrected chi connectivity index (χ1v) is 11.4. The van der Waals surface area contributed by atoms with Crippen LogP contribution in [0.5, 0.6) is 0 Å². The van der Waals surface area contributed by atoms with E-state index in [0.717, 1.165) is 48.1 Å². The quantitative estimate of drug-likeness (QED) is 0.312. The van der Waals surface area contributed by atoms with Crippen LogP contribution in [0.15, 0.2) is 71.7 Å². The molecule has 0 aliphatic carbocycles. The highest BCUT2D eigenvalue weighted by Gasteiger charge is 2.16. The van der Waals surface area contributed by atoms with Crippen molar-refractivity contribution < 1.29 is 5.11 Å². The van der Waals surface area contributed by atoms with Gasteiger partial charge in [0.2, 0.25) is 5.95 Å². The number of aromatic nitrogens is 3. The number of aliphatic imine (C=N–C) groups is 1. The Balaban J connectivity index is 1.51. The normalized spacial score (nSPS) is 14.3. The topological polar surface area (TPSA) is 102 Å². The molecule has 0 fully saturated rings. The second-order valence-electron chi connectivity index (χ2n) is 8.67. The van der Waals surface area contributed by atoms with E-state index in [-0.39, 0.29) is 0 Å². The van der Waals surface area contributed by atoms with Crippen molar-refractivity contribution in [3.05, 3.63) is 83.4 Å². The zero-order chi connectivity index (χ0) is 24.4. The zero-order valence-electron chi connectivity index (χ0n) is 19.6. The maximum atomic E-state index is 9.73. The molecule has 3 heterocycles. The van der Waals surface area contributed by atoms with Gasteiger partial charge in [-0.2, -0.15) is 10.2 Å². The lowest BCUT2D eigenvalue weighted by Crippen LogP contribution is -2.26. The van der Waals surface area contributed by atoms with Gasteiger partial charge in [-0.3, -0.25) is 9.56 Å². The van der Waals surface area contributed by atoms with Crippen LogP contribution in [0.2, 0.25) is 0 Å². The predicted molar refractivity (Wildman–Crippen MR) is 138 cm³/mol. The van der Waals surface area contributed by atoms with Crippen LogP contribution in [-0.4, -0.2) is 44.3 Å². The minimum Gasteiger partial charge on any atom is -0.515 e. The van der Waals surface area contributed by atoms with E-state index in [0.29, 0.717) is 22.9 Å². The van der Waals surface area contributed by atoms with E-state index >= 15 is 0 Å². The lowest BCUT2D eigenvalue weighted by molar-refractivity contribution is 0.313. The van der Waals surface area contributed by atoms with E-state index in [9.17, 15) is 5.26 Å². The van der Waals surface area contributed by atoms with Crippen LogP contribution in [0.3, 0.4) is 0 Å². The summed E-state index contributed by atoms with van der Waals surface area (Å²) in [5, 5.41) is 23.1. The van der Waals surface area contributed by atoms with E-state index in [4.69, 9.17) is 10.1 Å². The Bertz CT molecular complexity index is 1510. The van der Waals surface area contributed by atoms with Gasteiger partial charge >= 0.3 is 0 Å². The molecule has 0 radical (unpaired) electrons. The average molecular weight is 464 g/mol. The zero-order valence-corrected chi connectivity index (χ0v) is 19.6. The van der Waals surface area contributed by atoms with Crippen molar-refractivity contribution in [1.29, 1.82) is 5.26 Å². The largest absolute Gasteiger partial charge is 0.515 e. The first-order valence-electron chi connectivity index (χ1n) is 11.4. The summed E-state index contributed by atoms with van der Waals surface area (Å²) in [6.07, 6.45) is 7.09.